The van der Waals surface area contributed by atoms with Crippen LogP contribution in [-0.4, -0.2) is 9.91 Å². The van der Waals surface area contributed by atoms with Crippen molar-refractivity contribution in [3.63, 3.8) is 0 Å². The second-order valence-corrected chi connectivity index (χ2v) is 5.40. The van der Waals surface area contributed by atoms with Crippen LogP contribution in [0.2, 0.25) is 4.34 Å². The van der Waals surface area contributed by atoms with Crippen molar-refractivity contribution in [2.75, 3.05) is 5.32 Å². The molecule has 2 aromatic rings. The predicted molar refractivity (Wildman–Crippen MR) is 72.3 cm³/mol. The van der Waals surface area contributed by atoms with E-state index in [2.05, 4.69) is 10.3 Å². The van der Waals surface area contributed by atoms with Gasteiger partial charge in [-0.1, -0.05) is 11.6 Å². The van der Waals surface area contributed by atoms with Gasteiger partial charge in [-0.2, -0.15) is 0 Å². The summed E-state index contributed by atoms with van der Waals surface area (Å²) in [5.41, 5.74) is 0.416. The Labute approximate surface area is 113 Å². The number of nitrogens with zero attached hydrogens (tertiary/aromatic N) is 2. The van der Waals surface area contributed by atoms with Crippen LogP contribution in [0, 0.1) is 10.1 Å². The van der Waals surface area contributed by atoms with Crippen molar-refractivity contribution in [1.82, 2.24) is 4.98 Å². The van der Waals surface area contributed by atoms with Gasteiger partial charge in [-0.15, -0.1) is 11.3 Å². The Morgan fingerprint density at radius 1 is 1.50 bits per heavy atom. The standard InChI is InChI=1S/C11H10ClN3O2S/c1-7(10-2-3-11(12)18-10)14-8-4-5-13-6-9(8)15(16)17/h2-7H,1H3,(H,13,14). The molecule has 0 saturated carbocycles. The van der Waals surface area contributed by atoms with Crippen LogP contribution >= 0.6 is 22.9 Å². The smallest absolute Gasteiger partial charge is 0.310 e. The van der Waals surface area contributed by atoms with Crippen molar-refractivity contribution in [2.24, 2.45) is 0 Å². The lowest BCUT2D eigenvalue weighted by atomic mass is 10.2. The van der Waals surface area contributed by atoms with Crippen LogP contribution in [0.4, 0.5) is 11.4 Å². The van der Waals surface area contributed by atoms with E-state index in [0.717, 1.165) is 4.88 Å². The molecule has 1 N–H and O–H groups in total. The molecule has 2 aromatic heterocycles. The first-order valence-corrected chi connectivity index (χ1v) is 6.37. The molecule has 2 heterocycles. The van der Waals surface area contributed by atoms with Crippen LogP contribution in [0.25, 0.3) is 0 Å². The number of hydrogen-bond donors (Lipinski definition) is 1. The molecule has 1 unspecified atom stereocenters. The summed E-state index contributed by atoms with van der Waals surface area (Å²) in [6, 6.07) is 5.24. The number of nitrogens with one attached hydrogen (secondary N) is 1. The highest BCUT2D eigenvalue weighted by Gasteiger charge is 2.16. The van der Waals surface area contributed by atoms with Gasteiger partial charge < -0.3 is 5.32 Å². The Hall–Kier alpha value is -1.66. The lowest BCUT2D eigenvalue weighted by molar-refractivity contribution is -0.384. The lowest BCUT2D eigenvalue weighted by Gasteiger charge is -2.13. The molecular weight excluding hydrogens is 274 g/mol. The van der Waals surface area contributed by atoms with Crippen molar-refractivity contribution >= 4 is 34.3 Å². The molecule has 0 amide bonds. The average molecular weight is 284 g/mol. The molecule has 0 radical (unpaired) electrons. The molecule has 0 aliphatic rings. The number of aromatic nitrogens is 1. The second kappa shape index (κ2) is 5.32. The third-order valence-electron chi connectivity index (χ3n) is 2.39. The molecule has 0 bridgehead atoms. The molecule has 5 nitrogen and oxygen atoms in total. The van der Waals surface area contributed by atoms with Crippen LogP contribution in [0.3, 0.4) is 0 Å². The molecule has 0 aromatic carbocycles. The number of rotatable bonds is 4. The average Bonchev–Trinajstić information content (AvgIpc) is 2.76. The summed E-state index contributed by atoms with van der Waals surface area (Å²) in [5, 5.41) is 13.9. The summed E-state index contributed by atoms with van der Waals surface area (Å²) < 4.78 is 0.697. The summed E-state index contributed by atoms with van der Waals surface area (Å²) in [6.45, 7) is 1.92. The van der Waals surface area contributed by atoms with Crippen molar-refractivity contribution in [3.05, 3.63) is 49.9 Å². The van der Waals surface area contributed by atoms with Crippen LogP contribution in [0.1, 0.15) is 17.8 Å². The van der Waals surface area contributed by atoms with Gasteiger partial charge in [0.15, 0.2) is 0 Å². The molecule has 94 valence electrons. The van der Waals surface area contributed by atoms with Crippen LogP contribution in [-0.2, 0) is 0 Å². The number of pyridine rings is 1. The molecule has 2 rings (SSSR count). The molecular formula is C11H10ClN3O2S. The van der Waals surface area contributed by atoms with E-state index in [4.69, 9.17) is 11.6 Å². The molecule has 1 atom stereocenters. The fourth-order valence-electron chi connectivity index (χ4n) is 1.52. The first kappa shape index (κ1) is 12.8. The van der Waals surface area contributed by atoms with E-state index in [9.17, 15) is 10.1 Å². The zero-order valence-corrected chi connectivity index (χ0v) is 11.0. The molecule has 0 fully saturated rings. The number of nitro groups is 1. The Kier molecular flexibility index (Phi) is 3.78. The number of hydrogen-bond acceptors (Lipinski definition) is 5. The van der Waals surface area contributed by atoms with E-state index in [1.54, 1.807) is 12.1 Å². The van der Waals surface area contributed by atoms with Gasteiger partial charge in [-0.3, -0.25) is 15.1 Å². The van der Waals surface area contributed by atoms with Gasteiger partial charge in [-0.05, 0) is 25.1 Å². The van der Waals surface area contributed by atoms with Crippen molar-refractivity contribution in [2.45, 2.75) is 13.0 Å². The summed E-state index contributed by atoms with van der Waals surface area (Å²) in [7, 11) is 0. The maximum atomic E-state index is 10.9. The van der Waals surface area contributed by atoms with Gasteiger partial charge in [0.1, 0.15) is 11.9 Å². The lowest BCUT2D eigenvalue weighted by Crippen LogP contribution is -2.07. The van der Waals surface area contributed by atoms with Crippen molar-refractivity contribution in [3.8, 4) is 0 Å². The fraction of sp³-hybridized carbons (Fsp3) is 0.182. The summed E-state index contributed by atoms with van der Waals surface area (Å²) in [4.78, 5) is 15.2. The molecule has 0 saturated heterocycles. The monoisotopic (exact) mass is 283 g/mol. The first-order valence-electron chi connectivity index (χ1n) is 5.18. The Morgan fingerprint density at radius 2 is 2.28 bits per heavy atom. The molecule has 0 aliphatic carbocycles. The molecule has 7 heteroatoms. The Morgan fingerprint density at radius 3 is 2.89 bits per heavy atom. The van der Waals surface area contributed by atoms with Gasteiger partial charge in [0, 0.05) is 11.1 Å². The third kappa shape index (κ3) is 2.77. The van der Waals surface area contributed by atoms with Gasteiger partial charge in [-0.25, -0.2) is 0 Å². The molecule has 18 heavy (non-hydrogen) atoms. The zero-order valence-electron chi connectivity index (χ0n) is 9.46. The van der Waals surface area contributed by atoms with E-state index in [1.165, 1.54) is 23.7 Å². The number of thiophene rings is 1. The van der Waals surface area contributed by atoms with E-state index in [-0.39, 0.29) is 11.7 Å². The zero-order chi connectivity index (χ0) is 13.1. The largest absolute Gasteiger partial charge is 0.372 e. The van der Waals surface area contributed by atoms with Gasteiger partial charge in [0.05, 0.1) is 15.3 Å². The maximum absolute atomic E-state index is 10.9. The minimum absolute atomic E-state index is 0.0352. The number of halogens is 1. The van der Waals surface area contributed by atoms with Gasteiger partial charge in [0.25, 0.3) is 0 Å². The SMILES string of the molecule is CC(Nc1ccncc1[N+](=O)[O-])c1ccc(Cl)s1. The van der Waals surface area contributed by atoms with Crippen LogP contribution < -0.4 is 5.32 Å². The van der Waals surface area contributed by atoms with Crippen molar-refractivity contribution in [1.29, 1.82) is 0 Å². The normalized spacial score (nSPS) is 12.1. The molecule has 0 aliphatic heterocycles. The fourth-order valence-corrected chi connectivity index (χ4v) is 2.58. The topological polar surface area (TPSA) is 68.1 Å². The van der Waals surface area contributed by atoms with Crippen molar-refractivity contribution < 1.29 is 4.92 Å². The highest BCUT2D eigenvalue weighted by Crippen LogP contribution is 2.31. The van der Waals surface area contributed by atoms with E-state index in [0.29, 0.717) is 10.0 Å². The third-order valence-corrected chi connectivity index (χ3v) is 3.80. The molecule has 0 spiro atoms. The predicted octanol–water partition coefficient (Wildman–Crippen LogP) is 3.88. The van der Waals surface area contributed by atoms with E-state index >= 15 is 0 Å². The highest BCUT2D eigenvalue weighted by atomic mass is 35.5. The summed E-state index contributed by atoms with van der Waals surface area (Å²) >= 11 is 7.31. The Bertz CT molecular complexity index is 573. The quantitative estimate of drug-likeness (QED) is 0.683. The maximum Gasteiger partial charge on any atom is 0.310 e. The van der Waals surface area contributed by atoms with Crippen LogP contribution in [0.5, 0.6) is 0 Å². The Balaban J connectivity index is 2.21. The second-order valence-electron chi connectivity index (χ2n) is 3.66. The minimum Gasteiger partial charge on any atom is -0.372 e. The summed E-state index contributed by atoms with van der Waals surface area (Å²) in [6.07, 6.45) is 2.75. The van der Waals surface area contributed by atoms with E-state index < -0.39 is 4.92 Å². The van der Waals surface area contributed by atoms with E-state index in [1.807, 2.05) is 13.0 Å². The summed E-state index contributed by atoms with van der Waals surface area (Å²) in [5.74, 6) is 0. The first-order chi connectivity index (χ1) is 8.58. The minimum atomic E-state index is -0.455. The van der Waals surface area contributed by atoms with Crippen LogP contribution in [0.15, 0.2) is 30.6 Å². The van der Waals surface area contributed by atoms with Gasteiger partial charge >= 0.3 is 5.69 Å². The highest BCUT2D eigenvalue weighted by molar-refractivity contribution is 7.16. The van der Waals surface area contributed by atoms with Gasteiger partial charge in [0.2, 0.25) is 0 Å². The number of anilines is 1.